The summed E-state index contributed by atoms with van der Waals surface area (Å²) < 4.78 is 5.74. The van der Waals surface area contributed by atoms with Gasteiger partial charge < -0.3 is 14.8 Å². The fourth-order valence-electron chi connectivity index (χ4n) is 2.81. The standard InChI is InChI=1S/C23H18N2O4/c1-15-11-17(23(27)28)7-9-20(15)21-10-8-19(29-21)12-18(13-24)22(26)25-14-16-5-3-2-4-6-16/h2-12H,14H2,1H3,(H,25,26)(H,27,28)/b18-12-. The molecule has 1 aromatic heterocycles. The lowest BCUT2D eigenvalue weighted by Gasteiger charge is -2.04. The molecule has 0 radical (unpaired) electrons. The van der Waals surface area contributed by atoms with Gasteiger partial charge in [0.15, 0.2) is 0 Å². The van der Waals surface area contributed by atoms with Crippen LogP contribution in [0.2, 0.25) is 0 Å². The van der Waals surface area contributed by atoms with Crippen molar-refractivity contribution in [2.75, 3.05) is 0 Å². The lowest BCUT2D eigenvalue weighted by atomic mass is 10.0. The summed E-state index contributed by atoms with van der Waals surface area (Å²) in [5, 5.41) is 21.1. The van der Waals surface area contributed by atoms with Gasteiger partial charge in [-0.25, -0.2) is 4.79 Å². The van der Waals surface area contributed by atoms with E-state index in [2.05, 4.69) is 5.32 Å². The maximum atomic E-state index is 12.3. The molecule has 0 saturated heterocycles. The van der Waals surface area contributed by atoms with Crippen molar-refractivity contribution in [3.63, 3.8) is 0 Å². The topological polar surface area (TPSA) is 103 Å². The second-order valence-electron chi connectivity index (χ2n) is 6.37. The van der Waals surface area contributed by atoms with Crippen LogP contribution in [0.4, 0.5) is 0 Å². The number of benzene rings is 2. The average Bonchev–Trinajstić information content (AvgIpc) is 3.19. The van der Waals surface area contributed by atoms with E-state index in [9.17, 15) is 14.9 Å². The van der Waals surface area contributed by atoms with Gasteiger partial charge in [-0.1, -0.05) is 36.4 Å². The van der Waals surface area contributed by atoms with E-state index in [1.807, 2.05) is 36.4 Å². The van der Waals surface area contributed by atoms with Crippen LogP contribution in [0.15, 0.2) is 70.7 Å². The number of furan rings is 1. The van der Waals surface area contributed by atoms with Crippen LogP contribution in [0.5, 0.6) is 0 Å². The zero-order chi connectivity index (χ0) is 20.8. The smallest absolute Gasteiger partial charge is 0.335 e. The molecular weight excluding hydrogens is 368 g/mol. The van der Waals surface area contributed by atoms with Gasteiger partial charge in [-0.2, -0.15) is 5.26 Å². The number of carbonyl (C=O) groups excluding carboxylic acids is 1. The summed E-state index contributed by atoms with van der Waals surface area (Å²) in [7, 11) is 0. The first-order valence-electron chi connectivity index (χ1n) is 8.86. The highest BCUT2D eigenvalue weighted by atomic mass is 16.4. The molecule has 3 aromatic rings. The largest absolute Gasteiger partial charge is 0.478 e. The van der Waals surface area contributed by atoms with Crippen molar-refractivity contribution >= 4 is 18.0 Å². The Balaban J connectivity index is 1.76. The summed E-state index contributed by atoms with van der Waals surface area (Å²) in [5.74, 6) is -0.611. The molecule has 1 heterocycles. The highest BCUT2D eigenvalue weighted by Crippen LogP contribution is 2.27. The first-order valence-corrected chi connectivity index (χ1v) is 8.86. The van der Waals surface area contributed by atoms with Gasteiger partial charge in [0.05, 0.1) is 5.56 Å². The summed E-state index contributed by atoms with van der Waals surface area (Å²) in [4.78, 5) is 23.4. The van der Waals surface area contributed by atoms with Crippen molar-refractivity contribution < 1.29 is 19.1 Å². The number of carbonyl (C=O) groups is 2. The predicted molar refractivity (Wildman–Crippen MR) is 108 cm³/mol. The number of hydrogen-bond acceptors (Lipinski definition) is 4. The van der Waals surface area contributed by atoms with E-state index in [1.54, 1.807) is 31.2 Å². The van der Waals surface area contributed by atoms with Crippen molar-refractivity contribution in [3.05, 3.63) is 88.7 Å². The number of aromatic carboxylic acids is 1. The summed E-state index contributed by atoms with van der Waals surface area (Å²) in [5.41, 5.74) is 2.54. The van der Waals surface area contributed by atoms with E-state index in [0.29, 0.717) is 18.1 Å². The van der Waals surface area contributed by atoms with E-state index in [4.69, 9.17) is 9.52 Å². The minimum absolute atomic E-state index is 0.0696. The highest BCUT2D eigenvalue weighted by Gasteiger charge is 2.13. The van der Waals surface area contributed by atoms with Gasteiger partial charge in [-0.3, -0.25) is 4.79 Å². The minimum Gasteiger partial charge on any atom is -0.478 e. The second kappa shape index (κ2) is 8.72. The monoisotopic (exact) mass is 386 g/mol. The van der Waals surface area contributed by atoms with Gasteiger partial charge in [0.25, 0.3) is 5.91 Å². The van der Waals surface area contributed by atoms with Crippen molar-refractivity contribution in [1.29, 1.82) is 5.26 Å². The molecule has 144 valence electrons. The van der Waals surface area contributed by atoms with Crippen molar-refractivity contribution in [3.8, 4) is 17.4 Å². The molecule has 6 heteroatoms. The lowest BCUT2D eigenvalue weighted by Crippen LogP contribution is -2.23. The molecule has 2 aromatic carbocycles. The zero-order valence-electron chi connectivity index (χ0n) is 15.7. The number of aryl methyl sites for hydroxylation is 1. The lowest BCUT2D eigenvalue weighted by molar-refractivity contribution is -0.117. The third-order valence-electron chi connectivity index (χ3n) is 4.31. The minimum atomic E-state index is -0.997. The van der Waals surface area contributed by atoms with Crippen LogP contribution in [-0.4, -0.2) is 17.0 Å². The molecule has 0 bridgehead atoms. The Bertz CT molecular complexity index is 1120. The Labute approximate surface area is 167 Å². The van der Waals surface area contributed by atoms with Gasteiger partial charge in [-0.15, -0.1) is 0 Å². The Morgan fingerprint density at radius 3 is 2.55 bits per heavy atom. The molecule has 0 aliphatic rings. The van der Waals surface area contributed by atoms with Gasteiger partial charge in [-0.05, 0) is 42.3 Å². The van der Waals surface area contributed by atoms with Gasteiger partial charge in [0.1, 0.15) is 23.2 Å². The van der Waals surface area contributed by atoms with Crippen LogP contribution in [0.25, 0.3) is 17.4 Å². The summed E-state index contributed by atoms with van der Waals surface area (Å²) in [6, 6.07) is 19.4. The Morgan fingerprint density at radius 1 is 1.14 bits per heavy atom. The number of nitrogens with zero attached hydrogens (tertiary/aromatic N) is 1. The number of carboxylic acids is 1. The number of nitriles is 1. The summed E-state index contributed by atoms with van der Waals surface area (Å²) >= 11 is 0. The van der Waals surface area contributed by atoms with Crippen LogP contribution in [0.3, 0.4) is 0 Å². The normalized spacial score (nSPS) is 11.0. The second-order valence-corrected chi connectivity index (χ2v) is 6.37. The number of rotatable bonds is 6. The highest BCUT2D eigenvalue weighted by molar-refractivity contribution is 6.01. The molecule has 1 amide bonds. The average molecular weight is 386 g/mol. The fourth-order valence-corrected chi connectivity index (χ4v) is 2.81. The van der Waals surface area contributed by atoms with Gasteiger partial charge >= 0.3 is 5.97 Å². The third kappa shape index (κ3) is 4.79. The molecule has 2 N–H and O–H groups in total. The van der Waals surface area contributed by atoms with Crippen LogP contribution < -0.4 is 5.32 Å². The Morgan fingerprint density at radius 2 is 1.90 bits per heavy atom. The van der Waals surface area contributed by atoms with E-state index < -0.39 is 11.9 Å². The van der Waals surface area contributed by atoms with E-state index in [0.717, 1.165) is 16.7 Å². The Kier molecular flexibility index (Phi) is 5.91. The van der Waals surface area contributed by atoms with Crippen LogP contribution >= 0.6 is 0 Å². The number of nitrogens with one attached hydrogen (secondary N) is 1. The number of amides is 1. The molecule has 0 fully saturated rings. The molecular formula is C23H18N2O4. The van der Waals surface area contributed by atoms with Crippen molar-refractivity contribution in [1.82, 2.24) is 5.32 Å². The summed E-state index contributed by atoms with van der Waals surface area (Å²) in [6.07, 6.45) is 1.38. The predicted octanol–water partition coefficient (Wildman–Crippen LogP) is 4.18. The maximum absolute atomic E-state index is 12.3. The number of hydrogen-bond donors (Lipinski definition) is 2. The van der Waals surface area contributed by atoms with Crippen LogP contribution in [0, 0.1) is 18.3 Å². The first-order chi connectivity index (χ1) is 14.0. The molecule has 0 unspecified atom stereocenters. The molecule has 3 rings (SSSR count). The molecule has 0 aliphatic heterocycles. The van der Waals surface area contributed by atoms with Gasteiger partial charge in [0.2, 0.25) is 0 Å². The summed E-state index contributed by atoms with van der Waals surface area (Å²) in [6.45, 7) is 2.11. The van der Waals surface area contributed by atoms with Crippen LogP contribution in [-0.2, 0) is 11.3 Å². The molecule has 0 spiro atoms. The molecule has 0 aliphatic carbocycles. The van der Waals surface area contributed by atoms with Crippen molar-refractivity contribution in [2.45, 2.75) is 13.5 Å². The van der Waals surface area contributed by atoms with E-state index >= 15 is 0 Å². The third-order valence-corrected chi connectivity index (χ3v) is 4.31. The molecule has 0 atom stereocenters. The number of carboxylic acid groups (broad SMARTS) is 1. The molecule has 0 saturated carbocycles. The SMILES string of the molecule is Cc1cc(C(=O)O)ccc1-c1ccc(/C=C(/C#N)C(=O)NCc2ccccc2)o1. The first kappa shape index (κ1) is 19.6. The fraction of sp³-hybridized carbons (Fsp3) is 0.0870. The maximum Gasteiger partial charge on any atom is 0.335 e. The zero-order valence-corrected chi connectivity index (χ0v) is 15.7. The van der Waals surface area contributed by atoms with Crippen LogP contribution in [0.1, 0.15) is 27.2 Å². The van der Waals surface area contributed by atoms with E-state index in [1.165, 1.54) is 12.1 Å². The van der Waals surface area contributed by atoms with Gasteiger partial charge in [0, 0.05) is 18.2 Å². The molecule has 6 nitrogen and oxygen atoms in total. The quantitative estimate of drug-likeness (QED) is 0.489. The van der Waals surface area contributed by atoms with Crippen molar-refractivity contribution in [2.24, 2.45) is 0 Å². The van der Waals surface area contributed by atoms with E-state index in [-0.39, 0.29) is 11.1 Å². The molecule has 29 heavy (non-hydrogen) atoms. The Hall–Kier alpha value is -4.11.